The van der Waals surface area contributed by atoms with Crippen molar-refractivity contribution in [1.29, 1.82) is 0 Å². The third kappa shape index (κ3) is 3.60. The largest absolute Gasteiger partial charge is 0.399 e. The third-order valence-corrected chi connectivity index (χ3v) is 4.57. The summed E-state index contributed by atoms with van der Waals surface area (Å²) in [5, 5.41) is 0. The zero-order chi connectivity index (χ0) is 15.4. The summed E-state index contributed by atoms with van der Waals surface area (Å²) in [6.07, 6.45) is 1.09. The SMILES string of the molecule is C[C@@H](Cc1ccc(N)cc1)N1CCN(c2ccccc2)CC1. The third-order valence-electron chi connectivity index (χ3n) is 4.57. The zero-order valence-corrected chi connectivity index (χ0v) is 13.3. The lowest BCUT2D eigenvalue weighted by Gasteiger charge is -2.39. The normalized spacial score (nSPS) is 17.4. The summed E-state index contributed by atoms with van der Waals surface area (Å²) in [5.74, 6) is 0. The van der Waals surface area contributed by atoms with Crippen LogP contribution in [0.25, 0.3) is 0 Å². The number of benzene rings is 2. The van der Waals surface area contributed by atoms with Crippen molar-refractivity contribution >= 4 is 11.4 Å². The maximum atomic E-state index is 5.75. The molecule has 0 radical (unpaired) electrons. The summed E-state index contributed by atoms with van der Waals surface area (Å²) in [4.78, 5) is 5.07. The Morgan fingerprint density at radius 1 is 0.909 bits per heavy atom. The first-order valence-corrected chi connectivity index (χ1v) is 8.11. The van der Waals surface area contributed by atoms with E-state index in [-0.39, 0.29) is 0 Å². The van der Waals surface area contributed by atoms with Crippen LogP contribution in [0.2, 0.25) is 0 Å². The first-order valence-electron chi connectivity index (χ1n) is 8.11. The van der Waals surface area contributed by atoms with E-state index in [1.165, 1.54) is 11.3 Å². The number of para-hydroxylation sites is 1. The molecule has 1 heterocycles. The predicted molar refractivity (Wildman–Crippen MR) is 94.2 cm³/mol. The Balaban J connectivity index is 1.53. The molecule has 2 aromatic rings. The second kappa shape index (κ2) is 6.84. The maximum absolute atomic E-state index is 5.75. The maximum Gasteiger partial charge on any atom is 0.0367 e. The zero-order valence-electron chi connectivity index (χ0n) is 13.3. The first kappa shape index (κ1) is 14.9. The molecule has 116 valence electrons. The Morgan fingerprint density at radius 2 is 1.55 bits per heavy atom. The first-order chi connectivity index (χ1) is 10.7. The minimum atomic E-state index is 0.571. The van der Waals surface area contributed by atoms with Gasteiger partial charge >= 0.3 is 0 Å². The van der Waals surface area contributed by atoms with Gasteiger partial charge in [0, 0.05) is 43.6 Å². The lowest BCUT2D eigenvalue weighted by atomic mass is 10.0. The van der Waals surface area contributed by atoms with Gasteiger partial charge in [-0.05, 0) is 43.2 Å². The Bertz CT molecular complexity index is 571. The van der Waals surface area contributed by atoms with Crippen LogP contribution in [0.15, 0.2) is 54.6 Å². The molecule has 0 spiro atoms. The summed E-state index contributed by atoms with van der Waals surface area (Å²) in [5.41, 5.74) is 9.30. The number of piperazine rings is 1. The predicted octanol–water partition coefficient (Wildman–Crippen LogP) is 3.02. The van der Waals surface area contributed by atoms with Crippen LogP contribution in [0.5, 0.6) is 0 Å². The van der Waals surface area contributed by atoms with E-state index in [9.17, 15) is 0 Å². The molecule has 3 heteroatoms. The van der Waals surface area contributed by atoms with Gasteiger partial charge in [0.15, 0.2) is 0 Å². The highest BCUT2D eigenvalue weighted by molar-refractivity contribution is 5.46. The molecular weight excluding hydrogens is 270 g/mol. The van der Waals surface area contributed by atoms with E-state index in [1.807, 2.05) is 12.1 Å². The quantitative estimate of drug-likeness (QED) is 0.880. The minimum absolute atomic E-state index is 0.571. The number of hydrogen-bond donors (Lipinski definition) is 1. The molecule has 0 aromatic heterocycles. The van der Waals surface area contributed by atoms with Gasteiger partial charge in [-0.1, -0.05) is 30.3 Å². The van der Waals surface area contributed by atoms with Crippen LogP contribution in [-0.2, 0) is 6.42 Å². The molecule has 0 amide bonds. The molecule has 0 unspecified atom stereocenters. The van der Waals surface area contributed by atoms with Crippen LogP contribution in [0.1, 0.15) is 12.5 Å². The lowest BCUT2D eigenvalue weighted by Crippen LogP contribution is -2.50. The molecule has 22 heavy (non-hydrogen) atoms. The highest BCUT2D eigenvalue weighted by atomic mass is 15.3. The fourth-order valence-corrected chi connectivity index (χ4v) is 3.18. The Kier molecular flexibility index (Phi) is 4.64. The highest BCUT2D eigenvalue weighted by Gasteiger charge is 2.21. The van der Waals surface area contributed by atoms with E-state index in [2.05, 4.69) is 59.2 Å². The monoisotopic (exact) mass is 295 g/mol. The number of hydrogen-bond acceptors (Lipinski definition) is 3. The Labute approximate surface area is 133 Å². The van der Waals surface area contributed by atoms with E-state index >= 15 is 0 Å². The molecule has 1 aliphatic heterocycles. The summed E-state index contributed by atoms with van der Waals surface area (Å²) < 4.78 is 0. The molecule has 1 atom stereocenters. The molecule has 1 fully saturated rings. The summed E-state index contributed by atoms with van der Waals surface area (Å²) in [6, 6.07) is 19.6. The molecule has 1 saturated heterocycles. The molecule has 3 rings (SSSR count). The smallest absolute Gasteiger partial charge is 0.0367 e. The topological polar surface area (TPSA) is 32.5 Å². The van der Waals surface area contributed by atoms with Gasteiger partial charge in [-0.15, -0.1) is 0 Å². The van der Waals surface area contributed by atoms with Crippen molar-refractivity contribution < 1.29 is 0 Å². The second-order valence-electron chi connectivity index (χ2n) is 6.15. The van der Waals surface area contributed by atoms with Gasteiger partial charge in [-0.2, -0.15) is 0 Å². The van der Waals surface area contributed by atoms with Crippen molar-refractivity contribution in [3.05, 3.63) is 60.2 Å². The van der Waals surface area contributed by atoms with Crippen molar-refractivity contribution in [2.75, 3.05) is 36.8 Å². The highest BCUT2D eigenvalue weighted by Crippen LogP contribution is 2.18. The van der Waals surface area contributed by atoms with Crippen molar-refractivity contribution in [2.24, 2.45) is 0 Å². The standard InChI is InChI=1S/C19H25N3/c1-16(15-17-7-9-18(20)10-8-17)21-11-13-22(14-12-21)19-5-3-2-4-6-19/h2-10,16H,11-15,20H2,1H3/t16-/m0/s1. The fraction of sp³-hybridized carbons (Fsp3) is 0.368. The van der Waals surface area contributed by atoms with Crippen LogP contribution >= 0.6 is 0 Å². The van der Waals surface area contributed by atoms with Crippen molar-refractivity contribution in [2.45, 2.75) is 19.4 Å². The van der Waals surface area contributed by atoms with Crippen LogP contribution in [-0.4, -0.2) is 37.1 Å². The van der Waals surface area contributed by atoms with Crippen LogP contribution in [0.3, 0.4) is 0 Å². The van der Waals surface area contributed by atoms with E-state index in [0.717, 1.165) is 38.3 Å². The average Bonchev–Trinajstić information content (AvgIpc) is 2.58. The van der Waals surface area contributed by atoms with Crippen molar-refractivity contribution in [1.82, 2.24) is 4.90 Å². The van der Waals surface area contributed by atoms with Crippen LogP contribution in [0, 0.1) is 0 Å². The summed E-state index contributed by atoms with van der Waals surface area (Å²) in [6.45, 7) is 6.80. The number of nitrogens with zero attached hydrogens (tertiary/aromatic N) is 2. The van der Waals surface area contributed by atoms with E-state index in [4.69, 9.17) is 5.73 Å². The molecule has 1 aliphatic rings. The number of anilines is 2. The van der Waals surface area contributed by atoms with Crippen molar-refractivity contribution in [3.8, 4) is 0 Å². The van der Waals surface area contributed by atoms with Gasteiger partial charge in [0.1, 0.15) is 0 Å². The molecule has 2 aromatic carbocycles. The molecule has 0 aliphatic carbocycles. The Morgan fingerprint density at radius 3 is 2.18 bits per heavy atom. The van der Waals surface area contributed by atoms with Gasteiger partial charge in [-0.25, -0.2) is 0 Å². The number of nitrogen functional groups attached to an aromatic ring is 1. The molecular formula is C19H25N3. The Hall–Kier alpha value is -2.00. The molecule has 3 nitrogen and oxygen atoms in total. The van der Waals surface area contributed by atoms with E-state index in [0.29, 0.717) is 6.04 Å². The van der Waals surface area contributed by atoms with Gasteiger partial charge in [0.2, 0.25) is 0 Å². The second-order valence-corrected chi connectivity index (χ2v) is 6.15. The van der Waals surface area contributed by atoms with Gasteiger partial charge in [0.05, 0.1) is 0 Å². The molecule has 0 bridgehead atoms. The van der Waals surface area contributed by atoms with E-state index in [1.54, 1.807) is 0 Å². The number of rotatable bonds is 4. The van der Waals surface area contributed by atoms with Gasteiger partial charge in [-0.3, -0.25) is 4.90 Å². The van der Waals surface area contributed by atoms with Crippen LogP contribution < -0.4 is 10.6 Å². The van der Waals surface area contributed by atoms with Gasteiger partial charge in [0.25, 0.3) is 0 Å². The summed E-state index contributed by atoms with van der Waals surface area (Å²) in [7, 11) is 0. The van der Waals surface area contributed by atoms with Gasteiger partial charge < -0.3 is 10.6 Å². The van der Waals surface area contributed by atoms with Crippen molar-refractivity contribution in [3.63, 3.8) is 0 Å². The van der Waals surface area contributed by atoms with E-state index < -0.39 is 0 Å². The lowest BCUT2D eigenvalue weighted by molar-refractivity contribution is 0.196. The average molecular weight is 295 g/mol. The number of nitrogens with two attached hydrogens (primary N) is 1. The minimum Gasteiger partial charge on any atom is -0.399 e. The molecule has 2 N–H and O–H groups in total. The fourth-order valence-electron chi connectivity index (χ4n) is 3.18. The van der Waals surface area contributed by atoms with Crippen LogP contribution in [0.4, 0.5) is 11.4 Å². The molecule has 0 saturated carbocycles. The summed E-state index contributed by atoms with van der Waals surface area (Å²) >= 11 is 0.